The van der Waals surface area contributed by atoms with Crippen LogP contribution in [-0.2, 0) is 14.8 Å². The highest BCUT2D eigenvalue weighted by Gasteiger charge is 2.36. The van der Waals surface area contributed by atoms with Crippen molar-refractivity contribution in [3.05, 3.63) is 30.3 Å². The molecule has 0 spiro atoms. The lowest BCUT2D eigenvalue weighted by molar-refractivity contribution is -0.136. The predicted octanol–water partition coefficient (Wildman–Crippen LogP) is 2.17. The van der Waals surface area contributed by atoms with Crippen molar-refractivity contribution >= 4 is 15.9 Å². The molecular formula is C21H31N3O3S. The molecule has 6 nitrogen and oxygen atoms in total. The Hall–Kier alpha value is -1.44. The van der Waals surface area contributed by atoms with Crippen LogP contribution in [-0.4, -0.2) is 73.7 Å². The number of sulfonamides is 1. The molecule has 3 saturated heterocycles. The minimum Gasteiger partial charge on any atom is -0.342 e. The zero-order valence-electron chi connectivity index (χ0n) is 16.5. The average molecular weight is 406 g/mol. The van der Waals surface area contributed by atoms with E-state index in [4.69, 9.17) is 0 Å². The molecule has 1 aromatic rings. The fourth-order valence-corrected chi connectivity index (χ4v) is 6.42. The molecule has 0 bridgehead atoms. The van der Waals surface area contributed by atoms with Gasteiger partial charge in [0.25, 0.3) is 0 Å². The van der Waals surface area contributed by atoms with Crippen LogP contribution in [0.5, 0.6) is 0 Å². The first-order valence-electron chi connectivity index (χ1n) is 10.6. The number of hydrogen-bond donors (Lipinski definition) is 0. The van der Waals surface area contributed by atoms with E-state index in [2.05, 4.69) is 4.90 Å². The van der Waals surface area contributed by atoms with Gasteiger partial charge in [-0.2, -0.15) is 4.31 Å². The smallest absolute Gasteiger partial charge is 0.243 e. The molecule has 0 radical (unpaired) electrons. The van der Waals surface area contributed by atoms with Gasteiger partial charge in [-0.15, -0.1) is 0 Å². The van der Waals surface area contributed by atoms with Crippen LogP contribution in [0, 0.1) is 5.92 Å². The normalized spacial score (nSPS) is 25.9. The van der Waals surface area contributed by atoms with Crippen molar-refractivity contribution in [3.63, 3.8) is 0 Å². The summed E-state index contributed by atoms with van der Waals surface area (Å²) in [7, 11) is -3.40. The Morgan fingerprint density at radius 3 is 2.21 bits per heavy atom. The standard InChI is InChI=1S/C21H31N3O3S/c25-21(22-12-4-5-13-22)18-7-6-14-23(17-18)19-10-15-24(16-11-19)28(26,27)20-8-2-1-3-9-20/h1-3,8-9,18-19H,4-7,10-17H2. The number of amides is 1. The van der Waals surface area contributed by atoms with Crippen molar-refractivity contribution in [1.29, 1.82) is 0 Å². The molecule has 4 rings (SSSR count). The van der Waals surface area contributed by atoms with Crippen molar-refractivity contribution in [2.75, 3.05) is 39.3 Å². The molecule has 0 saturated carbocycles. The number of rotatable bonds is 4. The van der Waals surface area contributed by atoms with E-state index in [9.17, 15) is 13.2 Å². The third-order valence-electron chi connectivity index (χ3n) is 6.54. The Labute approximate surface area is 168 Å². The van der Waals surface area contributed by atoms with Crippen LogP contribution in [0.25, 0.3) is 0 Å². The number of hydrogen-bond acceptors (Lipinski definition) is 4. The first kappa shape index (κ1) is 19.9. The van der Waals surface area contributed by atoms with Gasteiger partial charge in [0.05, 0.1) is 10.8 Å². The molecule has 154 valence electrons. The summed E-state index contributed by atoms with van der Waals surface area (Å²) in [5.74, 6) is 0.462. The van der Waals surface area contributed by atoms with E-state index >= 15 is 0 Å². The van der Waals surface area contributed by atoms with Crippen LogP contribution in [0.15, 0.2) is 35.2 Å². The summed E-state index contributed by atoms with van der Waals surface area (Å²) in [6, 6.07) is 9.09. The number of nitrogens with zero attached hydrogens (tertiary/aromatic N) is 3. The van der Waals surface area contributed by atoms with Crippen LogP contribution in [0.3, 0.4) is 0 Å². The van der Waals surface area contributed by atoms with Gasteiger partial charge in [-0.25, -0.2) is 8.42 Å². The minimum atomic E-state index is -3.40. The van der Waals surface area contributed by atoms with Gasteiger partial charge in [-0.05, 0) is 57.2 Å². The molecule has 1 amide bonds. The van der Waals surface area contributed by atoms with E-state index in [1.165, 1.54) is 0 Å². The summed E-state index contributed by atoms with van der Waals surface area (Å²) in [5, 5.41) is 0. The molecular weight excluding hydrogens is 374 g/mol. The van der Waals surface area contributed by atoms with Crippen LogP contribution in [0.2, 0.25) is 0 Å². The zero-order chi connectivity index (χ0) is 19.6. The number of piperidine rings is 2. The maximum absolute atomic E-state index is 12.8. The summed E-state index contributed by atoms with van der Waals surface area (Å²) in [6.07, 6.45) is 6.01. The summed E-state index contributed by atoms with van der Waals surface area (Å²) in [6.45, 7) is 4.83. The van der Waals surface area contributed by atoms with Gasteiger partial charge in [-0.3, -0.25) is 9.69 Å². The molecule has 0 aromatic heterocycles. The van der Waals surface area contributed by atoms with E-state index in [1.54, 1.807) is 28.6 Å². The predicted molar refractivity (Wildman–Crippen MR) is 108 cm³/mol. The Morgan fingerprint density at radius 1 is 0.857 bits per heavy atom. The van der Waals surface area contributed by atoms with Crippen molar-refractivity contribution in [3.8, 4) is 0 Å². The van der Waals surface area contributed by atoms with Crippen molar-refractivity contribution in [2.24, 2.45) is 5.92 Å². The van der Waals surface area contributed by atoms with Gasteiger partial charge in [0, 0.05) is 38.8 Å². The van der Waals surface area contributed by atoms with Gasteiger partial charge in [0.1, 0.15) is 0 Å². The van der Waals surface area contributed by atoms with Gasteiger partial charge < -0.3 is 4.90 Å². The minimum absolute atomic E-state index is 0.123. The summed E-state index contributed by atoms with van der Waals surface area (Å²) < 4.78 is 27.3. The van der Waals surface area contributed by atoms with Gasteiger partial charge >= 0.3 is 0 Å². The summed E-state index contributed by atoms with van der Waals surface area (Å²) in [5.41, 5.74) is 0. The first-order chi connectivity index (χ1) is 13.6. The lowest BCUT2D eigenvalue weighted by atomic mass is 9.93. The van der Waals surface area contributed by atoms with Crippen LogP contribution in [0.1, 0.15) is 38.5 Å². The molecule has 0 N–H and O–H groups in total. The molecule has 3 fully saturated rings. The third-order valence-corrected chi connectivity index (χ3v) is 8.45. The molecule has 1 atom stereocenters. The van der Waals surface area contributed by atoms with E-state index < -0.39 is 10.0 Å². The van der Waals surface area contributed by atoms with Crippen LogP contribution < -0.4 is 0 Å². The van der Waals surface area contributed by atoms with Crippen molar-refractivity contribution in [1.82, 2.24) is 14.1 Å². The number of likely N-dealkylation sites (tertiary alicyclic amines) is 2. The van der Waals surface area contributed by atoms with E-state index in [0.717, 1.165) is 64.7 Å². The van der Waals surface area contributed by atoms with Crippen LogP contribution in [0.4, 0.5) is 0 Å². The second-order valence-corrected chi connectivity index (χ2v) is 10.3. The largest absolute Gasteiger partial charge is 0.342 e. The Morgan fingerprint density at radius 2 is 1.54 bits per heavy atom. The lowest BCUT2D eigenvalue weighted by Crippen LogP contribution is -2.51. The monoisotopic (exact) mass is 405 g/mol. The first-order valence-corrected chi connectivity index (χ1v) is 12.1. The van der Waals surface area contributed by atoms with E-state index in [0.29, 0.717) is 29.9 Å². The second kappa shape index (κ2) is 8.51. The summed E-state index contributed by atoms with van der Waals surface area (Å²) >= 11 is 0. The Balaban J connectivity index is 1.34. The topological polar surface area (TPSA) is 60.9 Å². The quantitative estimate of drug-likeness (QED) is 0.770. The Kier molecular flexibility index (Phi) is 6.04. The molecule has 28 heavy (non-hydrogen) atoms. The van der Waals surface area contributed by atoms with Crippen LogP contribution >= 0.6 is 0 Å². The highest BCUT2D eigenvalue weighted by Crippen LogP contribution is 2.28. The maximum atomic E-state index is 12.8. The third kappa shape index (κ3) is 4.11. The number of carbonyl (C=O) groups excluding carboxylic acids is 1. The highest BCUT2D eigenvalue weighted by atomic mass is 32.2. The number of benzene rings is 1. The second-order valence-electron chi connectivity index (χ2n) is 8.31. The zero-order valence-corrected chi connectivity index (χ0v) is 17.3. The average Bonchev–Trinajstić information content (AvgIpc) is 3.29. The molecule has 3 aliphatic rings. The van der Waals surface area contributed by atoms with Crippen molar-refractivity contribution in [2.45, 2.75) is 49.5 Å². The fraction of sp³-hybridized carbons (Fsp3) is 0.667. The van der Waals surface area contributed by atoms with Gasteiger partial charge in [0.2, 0.25) is 15.9 Å². The molecule has 7 heteroatoms. The SMILES string of the molecule is O=C(C1CCCN(C2CCN(S(=O)(=O)c3ccccc3)CC2)C1)N1CCCC1. The molecule has 1 aromatic carbocycles. The number of carbonyl (C=O) groups is 1. The highest BCUT2D eigenvalue weighted by molar-refractivity contribution is 7.89. The molecule has 1 unspecified atom stereocenters. The van der Waals surface area contributed by atoms with E-state index in [1.807, 2.05) is 11.0 Å². The van der Waals surface area contributed by atoms with E-state index in [-0.39, 0.29) is 5.92 Å². The summed E-state index contributed by atoms with van der Waals surface area (Å²) in [4.78, 5) is 17.7. The Bertz CT molecular complexity index is 769. The maximum Gasteiger partial charge on any atom is 0.243 e. The van der Waals surface area contributed by atoms with Gasteiger partial charge in [-0.1, -0.05) is 18.2 Å². The fourth-order valence-electron chi connectivity index (χ4n) is 4.92. The lowest BCUT2D eigenvalue weighted by Gasteiger charge is -2.42. The molecule has 3 aliphatic heterocycles. The molecule has 3 heterocycles. The molecule has 0 aliphatic carbocycles. The van der Waals surface area contributed by atoms with Crippen molar-refractivity contribution < 1.29 is 13.2 Å². The van der Waals surface area contributed by atoms with Gasteiger partial charge in [0.15, 0.2) is 0 Å².